The highest BCUT2D eigenvalue weighted by molar-refractivity contribution is 8.00. The maximum absolute atomic E-state index is 12.2. The molecule has 1 atom stereocenters. The van der Waals surface area contributed by atoms with E-state index in [0.29, 0.717) is 23.8 Å². The lowest BCUT2D eigenvalue weighted by Crippen LogP contribution is -2.42. The first-order valence-electron chi connectivity index (χ1n) is 8.20. The van der Waals surface area contributed by atoms with Crippen LogP contribution in [0.2, 0.25) is 0 Å². The summed E-state index contributed by atoms with van der Waals surface area (Å²) in [5.74, 6) is 0.526. The molecule has 140 valence electrons. The lowest BCUT2D eigenvalue weighted by atomic mass is 10.2. The summed E-state index contributed by atoms with van der Waals surface area (Å²) >= 11 is 1.07. The topological polar surface area (TPSA) is 110 Å². The van der Waals surface area contributed by atoms with Crippen molar-refractivity contribution >= 4 is 23.7 Å². The van der Waals surface area contributed by atoms with Crippen molar-refractivity contribution in [1.29, 1.82) is 0 Å². The average Bonchev–Trinajstić information content (AvgIpc) is 3.29. The number of thioether (sulfide) groups is 1. The summed E-state index contributed by atoms with van der Waals surface area (Å²) in [4.78, 5) is 24.0. The predicted octanol–water partition coefficient (Wildman–Crippen LogP) is 3.14. The largest absolute Gasteiger partial charge is 0.469 e. The summed E-state index contributed by atoms with van der Waals surface area (Å²) in [5, 5.41) is 12.4. The van der Waals surface area contributed by atoms with Gasteiger partial charge in [0.2, 0.25) is 5.91 Å². The number of benzene rings is 1. The normalized spacial score (nSPS) is 11.8. The van der Waals surface area contributed by atoms with E-state index in [-0.39, 0.29) is 5.22 Å². The number of nitrogens with one attached hydrogen (secondary N) is 2. The third-order valence-corrected chi connectivity index (χ3v) is 4.61. The van der Waals surface area contributed by atoms with Crippen molar-refractivity contribution in [2.24, 2.45) is 0 Å². The summed E-state index contributed by atoms with van der Waals surface area (Å²) in [5.41, 5.74) is 1.64. The molecule has 0 saturated carbocycles. The van der Waals surface area contributed by atoms with Crippen LogP contribution >= 0.6 is 11.8 Å². The van der Waals surface area contributed by atoms with Gasteiger partial charge in [-0.2, -0.15) is 0 Å². The lowest BCUT2D eigenvalue weighted by Gasteiger charge is -2.10. The number of carbonyl (C=O) groups is 2. The fraction of sp³-hybridized carbons (Fsp3) is 0.222. The molecule has 27 heavy (non-hydrogen) atoms. The van der Waals surface area contributed by atoms with Crippen molar-refractivity contribution in [3.8, 4) is 11.5 Å². The molecule has 0 aliphatic carbocycles. The van der Waals surface area contributed by atoms with Crippen molar-refractivity contribution < 1.29 is 18.4 Å². The Morgan fingerprint density at radius 1 is 1.19 bits per heavy atom. The highest BCUT2D eigenvalue weighted by Crippen LogP contribution is 2.28. The van der Waals surface area contributed by atoms with Crippen molar-refractivity contribution in [3.63, 3.8) is 0 Å². The Morgan fingerprint density at radius 2 is 1.96 bits per heavy atom. The predicted molar refractivity (Wildman–Crippen MR) is 98.9 cm³/mol. The van der Waals surface area contributed by atoms with Crippen LogP contribution in [0.1, 0.15) is 18.2 Å². The highest BCUT2D eigenvalue weighted by Gasteiger charge is 2.21. The van der Waals surface area contributed by atoms with Crippen LogP contribution in [0.5, 0.6) is 0 Å². The summed E-state index contributed by atoms with van der Waals surface area (Å²) in [6.45, 7) is 3.77. The fourth-order valence-corrected chi connectivity index (χ4v) is 2.90. The van der Waals surface area contributed by atoms with E-state index in [9.17, 15) is 9.59 Å². The number of aromatic nitrogens is 2. The van der Waals surface area contributed by atoms with Gasteiger partial charge in [-0.3, -0.25) is 10.1 Å². The molecule has 2 aromatic heterocycles. The Kier molecular flexibility index (Phi) is 5.92. The summed E-state index contributed by atoms with van der Waals surface area (Å²) in [6, 6.07) is 10.6. The number of amides is 3. The summed E-state index contributed by atoms with van der Waals surface area (Å²) in [7, 11) is 0. The van der Waals surface area contributed by atoms with Gasteiger partial charge in [0.05, 0.1) is 17.1 Å². The molecular weight excluding hydrogens is 368 g/mol. The molecule has 2 heterocycles. The van der Waals surface area contributed by atoms with Crippen LogP contribution in [0.4, 0.5) is 4.79 Å². The SMILES string of the molecule is Cc1occc1-c1nnc(S[C@@H](C)C(=O)NC(=O)NCc2ccccc2)o1. The molecule has 8 nitrogen and oxygen atoms in total. The maximum atomic E-state index is 12.2. The Labute approximate surface area is 159 Å². The van der Waals surface area contributed by atoms with Gasteiger partial charge >= 0.3 is 6.03 Å². The molecule has 0 radical (unpaired) electrons. The standard InChI is InChI=1S/C18H18N4O4S/c1-11-14(8-9-25-11)16-21-22-18(26-16)27-12(2)15(23)20-17(24)19-10-13-6-4-3-5-7-13/h3-9,12H,10H2,1-2H3,(H2,19,20,23,24)/t12-/m0/s1. The Bertz CT molecular complexity index is 922. The minimum Gasteiger partial charge on any atom is -0.469 e. The molecule has 3 rings (SSSR count). The number of imide groups is 1. The minimum absolute atomic E-state index is 0.234. The van der Waals surface area contributed by atoms with Gasteiger partial charge in [0, 0.05) is 6.54 Å². The van der Waals surface area contributed by atoms with Gasteiger partial charge in [0.1, 0.15) is 5.76 Å². The molecule has 2 N–H and O–H groups in total. The first-order valence-corrected chi connectivity index (χ1v) is 9.08. The fourth-order valence-electron chi connectivity index (χ4n) is 2.21. The number of hydrogen-bond donors (Lipinski definition) is 2. The van der Waals surface area contributed by atoms with Crippen molar-refractivity contribution in [3.05, 3.63) is 54.0 Å². The van der Waals surface area contributed by atoms with Gasteiger partial charge in [-0.1, -0.05) is 42.1 Å². The molecule has 0 aliphatic rings. The summed E-state index contributed by atoms with van der Waals surface area (Å²) < 4.78 is 10.7. The third-order valence-electron chi connectivity index (χ3n) is 3.68. The quantitative estimate of drug-likeness (QED) is 0.626. The van der Waals surface area contributed by atoms with Gasteiger partial charge in [-0.25, -0.2) is 4.79 Å². The molecule has 3 amide bonds. The first kappa shape index (κ1) is 18.7. The van der Waals surface area contributed by atoms with E-state index < -0.39 is 17.2 Å². The van der Waals surface area contributed by atoms with Crippen LogP contribution in [-0.4, -0.2) is 27.4 Å². The number of hydrogen-bond acceptors (Lipinski definition) is 7. The average molecular weight is 386 g/mol. The molecule has 0 saturated heterocycles. The Balaban J connectivity index is 1.50. The Morgan fingerprint density at radius 3 is 2.67 bits per heavy atom. The van der Waals surface area contributed by atoms with Crippen LogP contribution in [0, 0.1) is 6.92 Å². The number of furan rings is 1. The minimum atomic E-state index is -0.591. The van der Waals surface area contributed by atoms with E-state index in [1.807, 2.05) is 30.3 Å². The molecule has 1 aromatic carbocycles. The molecular formula is C18H18N4O4S. The smallest absolute Gasteiger partial charge is 0.321 e. The van der Waals surface area contributed by atoms with Crippen LogP contribution in [0.3, 0.4) is 0 Å². The second kappa shape index (κ2) is 8.54. The molecule has 0 aliphatic heterocycles. The van der Waals surface area contributed by atoms with Gasteiger partial charge in [0.25, 0.3) is 11.1 Å². The zero-order valence-corrected chi connectivity index (χ0v) is 15.6. The van der Waals surface area contributed by atoms with Gasteiger partial charge < -0.3 is 14.2 Å². The highest BCUT2D eigenvalue weighted by atomic mass is 32.2. The maximum Gasteiger partial charge on any atom is 0.321 e. The second-order valence-electron chi connectivity index (χ2n) is 5.68. The molecule has 9 heteroatoms. The molecule has 0 unspecified atom stereocenters. The van der Waals surface area contributed by atoms with Crippen LogP contribution in [0.15, 0.2) is 56.7 Å². The van der Waals surface area contributed by atoms with Gasteiger partial charge in [-0.05, 0) is 25.5 Å². The zero-order valence-electron chi connectivity index (χ0n) is 14.8. The number of carbonyl (C=O) groups excluding carboxylic acids is 2. The van der Waals surface area contributed by atoms with Crippen LogP contribution in [0.25, 0.3) is 11.5 Å². The van der Waals surface area contributed by atoms with Gasteiger partial charge in [0.15, 0.2) is 0 Å². The summed E-state index contributed by atoms with van der Waals surface area (Å²) in [6.07, 6.45) is 1.53. The van der Waals surface area contributed by atoms with Gasteiger partial charge in [-0.15, -0.1) is 10.2 Å². The Hall–Kier alpha value is -3.07. The van der Waals surface area contributed by atoms with E-state index in [2.05, 4.69) is 20.8 Å². The van der Waals surface area contributed by atoms with E-state index in [4.69, 9.17) is 8.83 Å². The first-order chi connectivity index (χ1) is 13.0. The van der Waals surface area contributed by atoms with Crippen molar-refractivity contribution in [2.75, 3.05) is 0 Å². The number of rotatable bonds is 6. The number of urea groups is 1. The molecule has 3 aromatic rings. The second-order valence-corrected chi connectivity index (χ2v) is 6.97. The van der Waals surface area contributed by atoms with Crippen LogP contribution in [-0.2, 0) is 11.3 Å². The monoisotopic (exact) mass is 386 g/mol. The third kappa shape index (κ3) is 4.98. The van der Waals surface area contributed by atoms with E-state index >= 15 is 0 Å². The lowest BCUT2D eigenvalue weighted by molar-refractivity contribution is -0.119. The van der Waals surface area contributed by atoms with Crippen LogP contribution < -0.4 is 10.6 Å². The molecule has 0 bridgehead atoms. The number of aryl methyl sites for hydroxylation is 1. The van der Waals surface area contributed by atoms with E-state index in [1.54, 1.807) is 19.9 Å². The number of nitrogens with zero attached hydrogens (tertiary/aromatic N) is 2. The van der Waals surface area contributed by atoms with E-state index in [1.165, 1.54) is 6.26 Å². The molecule has 0 spiro atoms. The van der Waals surface area contributed by atoms with Crippen molar-refractivity contribution in [1.82, 2.24) is 20.8 Å². The molecule has 0 fully saturated rings. The zero-order chi connectivity index (χ0) is 19.2. The van der Waals surface area contributed by atoms with Crippen molar-refractivity contribution in [2.45, 2.75) is 30.9 Å². The van der Waals surface area contributed by atoms with E-state index in [0.717, 1.165) is 17.3 Å².